The van der Waals surface area contributed by atoms with Crippen molar-refractivity contribution in [3.63, 3.8) is 0 Å². The van der Waals surface area contributed by atoms with E-state index in [9.17, 15) is 0 Å². The van der Waals surface area contributed by atoms with Gasteiger partial charge in [-0.1, -0.05) is 11.6 Å². The van der Waals surface area contributed by atoms with E-state index in [1.807, 2.05) is 28.1 Å². The zero-order valence-electron chi connectivity index (χ0n) is 18.8. The number of nitrogens with one attached hydrogen (secondary N) is 1. The molecule has 0 radical (unpaired) electrons. The summed E-state index contributed by atoms with van der Waals surface area (Å²) in [5.41, 5.74) is 3.42. The molecule has 172 valence electrons. The van der Waals surface area contributed by atoms with Crippen molar-refractivity contribution >= 4 is 45.2 Å². The Morgan fingerprint density at radius 1 is 1.18 bits per heavy atom. The van der Waals surface area contributed by atoms with Gasteiger partial charge in [0.1, 0.15) is 11.4 Å². The van der Waals surface area contributed by atoms with Crippen LogP contribution in [0.25, 0.3) is 16.3 Å². The molecule has 33 heavy (non-hydrogen) atoms. The highest BCUT2D eigenvalue weighted by molar-refractivity contribution is 7.15. The lowest BCUT2D eigenvalue weighted by Gasteiger charge is -2.36. The first-order valence-electron chi connectivity index (χ1n) is 10.8. The summed E-state index contributed by atoms with van der Waals surface area (Å²) < 4.78 is 7.63. The number of hydrogen-bond donors (Lipinski definition) is 1. The molecule has 1 fully saturated rings. The van der Waals surface area contributed by atoms with E-state index in [4.69, 9.17) is 16.3 Å². The lowest BCUT2D eigenvalue weighted by Crippen LogP contribution is -2.41. The van der Waals surface area contributed by atoms with Crippen molar-refractivity contribution in [2.45, 2.75) is 18.9 Å². The quantitative estimate of drug-likeness (QED) is 0.422. The summed E-state index contributed by atoms with van der Waals surface area (Å²) in [6.07, 6.45) is 5.96. The first-order valence-corrected chi connectivity index (χ1v) is 12.1. The van der Waals surface area contributed by atoms with Gasteiger partial charge in [-0.15, -0.1) is 11.3 Å². The van der Waals surface area contributed by atoms with Crippen LogP contribution >= 0.6 is 22.9 Å². The molecule has 4 aromatic rings. The van der Waals surface area contributed by atoms with Gasteiger partial charge in [0.25, 0.3) is 0 Å². The SMILES string of the molecule is COc1cc(N2CCC(N(C)C)CC2)ccc1Nc1nccc(-c2c(Cl)nc3sccn23)n1. The molecule has 1 aliphatic heterocycles. The number of halogens is 1. The van der Waals surface area contributed by atoms with E-state index in [0.717, 1.165) is 53.7 Å². The van der Waals surface area contributed by atoms with Gasteiger partial charge in [-0.25, -0.2) is 15.0 Å². The highest BCUT2D eigenvalue weighted by atomic mass is 35.5. The Bertz CT molecular complexity index is 1260. The topological polar surface area (TPSA) is 70.8 Å². The van der Waals surface area contributed by atoms with Gasteiger partial charge in [0.05, 0.1) is 18.5 Å². The third kappa shape index (κ3) is 4.36. The monoisotopic (exact) mass is 483 g/mol. The summed E-state index contributed by atoms with van der Waals surface area (Å²) in [7, 11) is 5.99. The normalized spacial score (nSPS) is 14.9. The van der Waals surface area contributed by atoms with Crippen LogP contribution in [0.4, 0.5) is 17.3 Å². The fourth-order valence-electron chi connectivity index (χ4n) is 4.28. The minimum atomic E-state index is 0.423. The van der Waals surface area contributed by atoms with Crippen LogP contribution < -0.4 is 15.0 Å². The van der Waals surface area contributed by atoms with Gasteiger partial charge in [0, 0.05) is 48.7 Å². The van der Waals surface area contributed by atoms with Crippen LogP contribution in [-0.2, 0) is 0 Å². The molecule has 8 nitrogen and oxygen atoms in total. The Hall–Kier alpha value is -2.88. The second-order valence-corrected chi connectivity index (χ2v) is 9.49. The molecular formula is C23H26ClN7OS. The lowest BCUT2D eigenvalue weighted by atomic mass is 10.0. The first kappa shape index (κ1) is 21.9. The molecule has 0 saturated carbocycles. The fourth-order valence-corrected chi connectivity index (χ4v) is 5.31. The van der Waals surface area contributed by atoms with Gasteiger partial charge < -0.3 is 19.9 Å². The van der Waals surface area contributed by atoms with Crippen LogP contribution in [0.2, 0.25) is 5.15 Å². The smallest absolute Gasteiger partial charge is 0.227 e. The molecule has 0 unspecified atom stereocenters. The molecule has 1 aliphatic rings. The molecule has 1 aromatic carbocycles. The van der Waals surface area contributed by atoms with Gasteiger partial charge in [0.15, 0.2) is 10.1 Å². The zero-order chi connectivity index (χ0) is 22.9. The molecule has 1 N–H and O–H groups in total. The second-order valence-electron chi connectivity index (χ2n) is 8.26. The van der Waals surface area contributed by atoms with Gasteiger partial charge in [0.2, 0.25) is 5.95 Å². The Morgan fingerprint density at radius 2 is 2.00 bits per heavy atom. The van der Waals surface area contributed by atoms with Crippen LogP contribution in [0, 0.1) is 0 Å². The number of nitrogens with zero attached hydrogens (tertiary/aromatic N) is 6. The Kier molecular flexibility index (Phi) is 6.09. The van der Waals surface area contributed by atoms with Crippen molar-refractivity contribution in [3.8, 4) is 17.1 Å². The van der Waals surface area contributed by atoms with Crippen LogP contribution in [0.3, 0.4) is 0 Å². The second kappa shape index (κ2) is 9.17. The predicted molar refractivity (Wildman–Crippen MR) is 134 cm³/mol. The molecule has 10 heteroatoms. The maximum Gasteiger partial charge on any atom is 0.227 e. The minimum absolute atomic E-state index is 0.423. The first-order chi connectivity index (χ1) is 16.0. The van der Waals surface area contributed by atoms with E-state index in [1.165, 1.54) is 11.3 Å². The Morgan fingerprint density at radius 3 is 2.76 bits per heavy atom. The summed E-state index contributed by atoms with van der Waals surface area (Å²) in [6.45, 7) is 2.07. The van der Waals surface area contributed by atoms with Crippen molar-refractivity contribution in [3.05, 3.63) is 47.2 Å². The number of hydrogen-bond acceptors (Lipinski definition) is 8. The number of piperidine rings is 1. The van der Waals surface area contributed by atoms with Gasteiger partial charge >= 0.3 is 0 Å². The van der Waals surface area contributed by atoms with Crippen molar-refractivity contribution in [2.75, 3.05) is 44.5 Å². The molecule has 4 heterocycles. The summed E-state index contributed by atoms with van der Waals surface area (Å²) in [5, 5.41) is 5.69. The number of fused-ring (bicyclic) bond motifs is 1. The maximum atomic E-state index is 6.39. The number of methoxy groups -OCH3 is 1. The van der Waals surface area contributed by atoms with Gasteiger partial charge in [-0.2, -0.15) is 0 Å². The highest BCUT2D eigenvalue weighted by Gasteiger charge is 2.22. The average Bonchev–Trinajstić information content (AvgIpc) is 3.39. The molecule has 5 rings (SSSR count). The number of benzene rings is 1. The summed E-state index contributed by atoms with van der Waals surface area (Å²) in [5.74, 6) is 1.21. The predicted octanol–water partition coefficient (Wildman–Crippen LogP) is 4.79. The van der Waals surface area contributed by atoms with Crippen molar-refractivity contribution < 1.29 is 4.74 Å². The van der Waals surface area contributed by atoms with Crippen LogP contribution in [0.15, 0.2) is 42.0 Å². The van der Waals surface area contributed by atoms with E-state index in [0.29, 0.717) is 22.8 Å². The number of thiazole rings is 1. The third-order valence-electron chi connectivity index (χ3n) is 6.11. The highest BCUT2D eigenvalue weighted by Crippen LogP contribution is 2.34. The molecule has 3 aromatic heterocycles. The van der Waals surface area contributed by atoms with E-state index in [-0.39, 0.29) is 0 Å². The van der Waals surface area contributed by atoms with Crippen molar-refractivity contribution in [2.24, 2.45) is 0 Å². The molecule has 0 atom stereocenters. The van der Waals surface area contributed by atoms with E-state index in [2.05, 4.69) is 56.3 Å². The van der Waals surface area contributed by atoms with Gasteiger partial charge in [-0.05, 0) is 45.1 Å². The number of ether oxygens (including phenoxy) is 1. The number of anilines is 3. The molecule has 0 bridgehead atoms. The number of rotatable bonds is 6. The maximum absolute atomic E-state index is 6.39. The van der Waals surface area contributed by atoms with E-state index >= 15 is 0 Å². The molecule has 0 spiro atoms. The number of aromatic nitrogens is 4. The standard InChI is InChI=1S/C23H26ClN7OS/c1-29(2)15-7-10-30(11-8-15)16-4-5-17(19(14-16)32-3)26-22-25-9-6-18(27-22)20-21(24)28-23-31(20)12-13-33-23/h4-6,9,12-15H,7-8,10-11H2,1-3H3,(H,25,26,27). The molecule has 0 aliphatic carbocycles. The minimum Gasteiger partial charge on any atom is -0.494 e. The van der Waals surface area contributed by atoms with Crippen molar-refractivity contribution in [1.29, 1.82) is 0 Å². The van der Waals surface area contributed by atoms with Crippen LogP contribution in [-0.4, -0.2) is 64.6 Å². The largest absolute Gasteiger partial charge is 0.494 e. The summed E-state index contributed by atoms with van der Waals surface area (Å²) in [6, 6.07) is 8.69. The van der Waals surface area contributed by atoms with Crippen molar-refractivity contribution in [1.82, 2.24) is 24.3 Å². The summed E-state index contributed by atoms with van der Waals surface area (Å²) in [4.78, 5) is 19.0. The molecule has 0 amide bonds. The Balaban J connectivity index is 1.37. The molecular weight excluding hydrogens is 458 g/mol. The molecule has 1 saturated heterocycles. The van der Waals surface area contributed by atoms with E-state index < -0.39 is 0 Å². The number of imidazole rings is 1. The zero-order valence-corrected chi connectivity index (χ0v) is 20.4. The Labute approximate surface area is 201 Å². The van der Waals surface area contributed by atoms with Crippen LogP contribution in [0.1, 0.15) is 12.8 Å². The van der Waals surface area contributed by atoms with Gasteiger partial charge in [-0.3, -0.25) is 4.40 Å². The lowest BCUT2D eigenvalue weighted by molar-refractivity contribution is 0.249. The van der Waals surface area contributed by atoms with Crippen LogP contribution in [0.5, 0.6) is 5.75 Å². The summed E-state index contributed by atoms with van der Waals surface area (Å²) >= 11 is 7.92. The average molecular weight is 484 g/mol. The fraction of sp³-hybridized carbons (Fsp3) is 0.348. The van der Waals surface area contributed by atoms with E-state index in [1.54, 1.807) is 13.3 Å². The third-order valence-corrected chi connectivity index (χ3v) is 7.13.